The molecule has 0 aromatic heterocycles. The Labute approximate surface area is 132 Å². The highest BCUT2D eigenvalue weighted by Gasteiger charge is 2.51. The summed E-state index contributed by atoms with van der Waals surface area (Å²) in [5, 5.41) is 6.59. The summed E-state index contributed by atoms with van der Waals surface area (Å²) in [6, 6.07) is 2.85. The van der Waals surface area contributed by atoms with Crippen molar-refractivity contribution in [2.45, 2.75) is 37.3 Å². The van der Waals surface area contributed by atoms with Crippen LogP contribution in [0.3, 0.4) is 0 Å². The van der Waals surface area contributed by atoms with E-state index in [2.05, 4.69) is 10.6 Å². The Morgan fingerprint density at radius 1 is 1.29 bits per heavy atom. The molecule has 1 aromatic carbocycles. The van der Waals surface area contributed by atoms with Gasteiger partial charge in [0, 0.05) is 0 Å². The van der Waals surface area contributed by atoms with E-state index in [4.69, 9.17) is 28.9 Å². The number of urea groups is 1. The van der Waals surface area contributed by atoms with Gasteiger partial charge < -0.3 is 16.4 Å². The molecule has 1 saturated carbocycles. The van der Waals surface area contributed by atoms with Gasteiger partial charge in [0.25, 0.3) is 0 Å². The van der Waals surface area contributed by atoms with E-state index in [9.17, 15) is 9.59 Å². The van der Waals surface area contributed by atoms with E-state index in [1.54, 1.807) is 6.07 Å². The van der Waals surface area contributed by atoms with Crippen LogP contribution in [0.25, 0.3) is 0 Å². The molecule has 5 nitrogen and oxygen atoms in total. The van der Waals surface area contributed by atoms with Crippen LogP contribution in [0.5, 0.6) is 0 Å². The Kier molecular flexibility index (Phi) is 3.50. The Balaban J connectivity index is 1.76. The number of hydrogen-bond donors (Lipinski definition) is 3. The third kappa shape index (κ3) is 2.56. The lowest BCUT2D eigenvalue weighted by Gasteiger charge is -2.20. The number of hydrogen-bond acceptors (Lipinski definition) is 2. The van der Waals surface area contributed by atoms with Gasteiger partial charge in [-0.15, -0.1) is 0 Å². The van der Waals surface area contributed by atoms with Crippen LogP contribution in [0.15, 0.2) is 12.1 Å². The number of carbonyl (C=O) groups is 2. The molecule has 2 aliphatic carbocycles. The second-order valence-electron chi connectivity index (χ2n) is 5.57. The molecule has 0 heterocycles. The van der Waals surface area contributed by atoms with Crippen LogP contribution >= 0.6 is 23.2 Å². The van der Waals surface area contributed by atoms with E-state index in [1.165, 1.54) is 0 Å². The quantitative estimate of drug-likeness (QED) is 0.795. The summed E-state index contributed by atoms with van der Waals surface area (Å²) in [7, 11) is 0. The van der Waals surface area contributed by atoms with Gasteiger partial charge in [0.1, 0.15) is 5.54 Å². The lowest BCUT2D eigenvalue weighted by Crippen LogP contribution is -2.51. The van der Waals surface area contributed by atoms with E-state index in [1.807, 2.05) is 6.07 Å². The SMILES string of the molecule is NC(=O)NC1(C(=O)NC2CCc3c2ccc(Cl)c3Cl)CC1. The third-order valence-electron chi connectivity index (χ3n) is 4.14. The summed E-state index contributed by atoms with van der Waals surface area (Å²) in [6.45, 7) is 0. The second kappa shape index (κ2) is 5.07. The fourth-order valence-corrected chi connectivity index (χ4v) is 3.29. The van der Waals surface area contributed by atoms with E-state index < -0.39 is 11.6 Å². The number of amides is 3. The average Bonchev–Trinajstić information content (AvgIpc) is 3.08. The highest BCUT2D eigenvalue weighted by atomic mass is 35.5. The van der Waals surface area contributed by atoms with E-state index in [0.29, 0.717) is 22.9 Å². The van der Waals surface area contributed by atoms with Crippen molar-refractivity contribution in [3.63, 3.8) is 0 Å². The molecule has 0 saturated heterocycles. The smallest absolute Gasteiger partial charge is 0.313 e. The standard InChI is InChI=1S/C14H15Cl2N3O2/c15-9-3-1-7-8(11(9)16)2-4-10(7)18-12(20)14(5-6-14)19-13(17)21/h1,3,10H,2,4-6H2,(H,18,20)(H3,17,19,21). The lowest BCUT2D eigenvalue weighted by molar-refractivity contribution is -0.124. The van der Waals surface area contributed by atoms with Crippen molar-refractivity contribution in [1.29, 1.82) is 0 Å². The number of nitrogens with one attached hydrogen (secondary N) is 2. The Hall–Kier alpha value is -1.46. The highest BCUT2D eigenvalue weighted by molar-refractivity contribution is 6.42. The van der Waals surface area contributed by atoms with Gasteiger partial charge in [0.2, 0.25) is 5.91 Å². The first kappa shape index (κ1) is 14.5. The molecular formula is C14H15Cl2N3O2. The normalized spacial score (nSPS) is 21.5. The van der Waals surface area contributed by atoms with Gasteiger partial charge >= 0.3 is 6.03 Å². The molecule has 0 spiro atoms. The fourth-order valence-electron chi connectivity index (χ4n) is 2.85. The van der Waals surface area contributed by atoms with Crippen LogP contribution in [0, 0.1) is 0 Å². The molecule has 0 radical (unpaired) electrons. The molecule has 1 aromatic rings. The molecule has 4 N–H and O–H groups in total. The number of halogens is 2. The summed E-state index contributed by atoms with van der Waals surface area (Å²) in [5.41, 5.74) is 6.27. The first-order valence-corrected chi connectivity index (χ1v) is 7.54. The van der Waals surface area contributed by atoms with Crippen molar-refractivity contribution in [2.75, 3.05) is 0 Å². The molecule has 112 valence electrons. The molecule has 1 fully saturated rings. The lowest BCUT2D eigenvalue weighted by atomic mass is 10.1. The molecule has 2 aliphatic rings. The van der Waals surface area contributed by atoms with Crippen molar-refractivity contribution in [3.05, 3.63) is 33.3 Å². The first-order valence-electron chi connectivity index (χ1n) is 6.78. The Morgan fingerprint density at radius 3 is 2.62 bits per heavy atom. The molecule has 3 amide bonds. The largest absolute Gasteiger partial charge is 0.352 e. The topological polar surface area (TPSA) is 84.2 Å². The monoisotopic (exact) mass is 327 g/mol. The minimum Gasteiger partial charge on any atom is -0.352 e. The zero-order valence-electron chi connectivity index (χ0n) is 11.2. The number of carbonyl (C=O) groups excluding carboxylic acids is 2. The molecule has 1 atom stereocenters. The van der Waals surface area contributed by atoms with Gasteiger partial charge in [-0.3, -0.25) is 4.79 Å². The van der Waals surface area contributed by atoms with Crippen molar-refractivity contribution < 1.29 is 9.59 Å². The molecule has 7 heteroatoms. The maximum atomic E-state index is 12.3. The van der Waals surface area contributed by atoms with Crippen LogP contribution in [0.2, 0.25) is 10.0 Å². The summed E-state index contributed by atoms with van der Waals surface area (Å²) in [4.78, 5) is 23.3. The maximum Gasteiger partial charge on any atom is 0.313 e. The zero-order chi connectivity index (χ0) is 15.2. The van der Waals surface area contributed by atoms with Crippen molar-refractivity contribution >= 4 is 35.1 Å². The molecule has 21 heavy (non-hydrogen) atoms. The molecule has 0 bridgehead atoms. The van der Waals surface area contributed by atoms with Crippen molar-refractivity contribution in [2.24, 2.45) is 5.73 Å². The van der Waals surface area contributed by atoms with Gasteiger partial charge in [-0.05, 0) is 42.9 Å². The zero-order valence-corrected chi connectivity index (χ0v) is 12.7. The molecule has 1 unspecified atom stereocenters. The number of primary amides is 1. The first-order chi connectivity index (χ1) is 9.93. The van der Waals surface area contributed by atoms with E-state index in [0.717, 1.165) is 24.0 Å². The van der Waals surface area contributed by atoms with Crippen LogP contribution in [0.1, 0.15) is 36.4 Å². The predicted molar refractivity (Wildman–Crippen MR) is 80.4 cm³/mol. The summed E-state index contributed by atoms with van der Waals surface area (Å²) in [5.74, 6) is -0.190. The van der Waals surface area contributed by atoms with Crippen molar-refractivity contribution in [1.82, 2.24) is 10.6 Å². The number of nitrogens with two attached hydrogens (primary N) is 1. The van der Waals surface area contributed by atoms with Gasteiger partial charge in [0.15, 0.2) is 0 Å². The number of rotatable bonds is 3. The second-order valence-corrected chi connectivity index (χ2v) is 6.35. The van der Waals surface area contributed by atoms with E-state index >= 15 is 0 Å². The van der Waals surface area contributed by atoms with Gasteiger partial charge in [-0.25, -0.2) is 4.79 Å². The summed E-state index contributed by atoms with van der Waals surface area (Å²) in [6.07, 6.45) is 2.77. The molecular weight excluding hydrogens is 313 g/mol. The fraction of sp³-hybridized carbons (Fsp3) is 0.429. The summed E-state index contributed by atoms with van der Waals surface area (Å²) < 4.78 is 0. The highest BCUT2D eigenvalue weighted by Crippen LogP contribution is 2.41. The van der Waals surface area contributed by atoms with Gasteiger partial charge in [0.05, 0.1) is 16.1 Å². The summed E-state index contributed by atoms with van der Waals surface area (Å²) >= 11 is 12.2. The maximum absolute atomic E-state index is 12.3. The van der Waals surface area contributed by atoms with Crippen LogP contribution in [-0.2, 0) is 11.2 Å². The van der Waals surface area contributed by atoms with Crippen LogP contribution in [-0.4, -0.2) is 17.5 Å². The van der Waals surface area contributed by atoms with Crippen molar-refractivity contribution in [3.8, 4) is 0 Å². The number of fused-ring (bicyclic) bond motifs is 1. The van der Waals surface area contributed by atoms with Gasteiger partial charge in [-0.2, -0.15) is 0 Å². The molecule has 3 rings (SSSR count). The van der Waals surface area contributed by atoms with E-state index in [-0.39, 0.29) is 11.9 Å². The minimum atomic E-state index is -0.829. The Bertz CT molecular complexity index is 629. The third-order valence-corrected chi connectivity index (χ3v) is 4.99. The van der Waals surface area contributed by atoms with Crippen LogP contribution in [0.4, 0.5) is 4.79 Å². The van der Waals surface area contributed by atoms with Gasteiger partial charge in [-0.1, -0.05) is 29.3 Å². The molecule has 0 aliphatic heterocycles. The Morgan fingerprint density at radius 2 is 2.00 bits per heavy atom. The van der Waals surface area contributed by atoms with Crippen LogP contribution < -0.4 is 16.4 Å². The number of benzene rings is 1. The minimum absolute atomic E-state index is 0.102. The predicted octanol–water partition coefficient (Wildman–Crippen LogP) is 2.30. The average molecular weight is 328 g/mol.